The Morgan fingerprint density at radius 3 is 2.71 bits per heavy atom. The van der Waals surface area contributed by atoms with E-state index in [2.05, 4.69) is 25.5 Å². The number of piperidine rings is 1. The van der Waals surface area contributed by atoms with Gasteiger partial charge in [-0.1, -0.05) is 19.1 Å². The van der Waals surface area contributed by atoms with E-state index in [9.17, 15) is 4.39 Å². The topological polar surface area (TPSA) is 72.0 Å². The van der Waals surface area contributed by atoms with Crippen molar-refractivity contribution >= 4 is 35.7 Å². The number of nitrogens with one attached hydrogen (secondary N) is 1. The third-order valence-corrected chi connectivity index (χ3v) is 6.26. The molecule has 170 valence electrons. The number of likely N-dealkylation sites (tertiary alicyclic amines) is 1. The molecule has 0 aliphatic carbocycles. The number of aryl methyl sites for hydroxylation is 1. The third-order valence-electron chi connectivity index (χ3n) is 6.26. The van der Waals surface area contributed by atoms with E-state index < -0.39 is 0 Å². The molecule has 0 bridgehead atoms. The SMILES string of the molecule is CCc1nn(-c2noc(C3CCN(C[C@H]4CCCN4)CC3)n2)c2c(F)cccc12.Cl.Cl. The fourth-order valence-electron chi connectivity index (χ4n) is 4.66. The van der Waals surface area contributed by atoms with Gasteiger partial charge in [0.25, 0.3) is 5.95 Å². The first-order valence-electron chi connectivity index (χ1n) is 10.7. The van der Waals surface area contributed by atoms with Gasteiger partial charge in [0.1, 0.15) is 11.3 Å². The number of aromatic nitrogens is 4. The Morgan fingerprint density at radius 2 is 2.00 bits per heavy atom. The summed E-state index contributed by atoms with van der Waals surface area (Å²) in [5, 5.41) is 13.0. The quantitative estimate of drug-likeness (QED) is 0.609. The number of hydrogen-bond donors (Lipinski definition) is 1. The molecule has 31 heavy (non-hydrogen) atoms. The molecule has 2 saturated heterocycles. The number of nitrogens with zero attached hydrogens (tertiary/aromatic N) is 5. The maximum Gasteiger partial charge on any atom is 0.291 e. The Kier molecular flexibility index (Phi) is 7.91. The number of hydrogen-bond acceptors (Lipinski definition) is 6. The van der Waals surface area contributed by atoms with Gasteiger partial charge in [0.15, 0.2) is 0 Å². The van der Waals surface area contributed by atoms with Crippen LogP contribution in [-0.2, 0) is 6.42 Å². The zero-order chi connectivity index (χ0) is 19.8. The first-order valence-corrected chi connectivity index (χ1v) is 10.7. The van der Waals surface area contributed by atoms with Crippen LogP contribution in [0.25, 0.3) is 16.9 Å². The minimum atomic E-state index is -0.324. The molecular weight excluding hydrogens is 442 g/mol. The van der Waals surface area contributed by atoms with Crippen LogP contribution in [0.15, 0.2) is 22.7 Å². The summed E-state index contributed by atoms with van der Waals surface area (Å²) in [6.07, 6.45) is 5.28. The molecular formula is C21H29Cl2FN6O. The highest BCUT2D eigenvalue weighted by atomic mass is 35.5. The van der Waals surface area contributed by atoms with Crippen LogP contribution < -0.4 is 5.32 Å². The number of fused-ring (bicyclic) bond motifs is 1. The second kappa shape index (κ2) is 10.3. The highest BCUT2D eigenvalue weighted by Crippen LogP contribution is 2.29. The Hall–Kier alpha value is -1.74. The van der Waals surface area contributed by atoms with Crippen molar-refractivity contribution in [2.45, 2.75) is 51.0 Å². The molecule has 2 aromatic heterocycles. The standard InChI is InChI=1S/C21H27FN6O.2ClH/c1-2-18-16-6-3-7-17(22)19(16)28(25-18)21-24-20(29-26-21)14-8-11-27(12-9-14)13-15-5-4-10-23-15;;/h3,6-7,14-15,23H,2,4-5,8-13H2,1H3;2*1H/t15-;;/m1../s1. The molecule has 0 radical (unpaired) electrons. The zero-order valence-corrected chi connectivity index (χ0v) is 19.2. The fourth-order valence-corrected chi connectivity index (χ4v) is 4.66. The number of rotatable bonds is 5. The largest absolute Gasteiger partial charge is 0.337 e. The van der Waals surface area contributed by atoms with Crippen molar-refractivity contribution in [3.8, 4) is 5.95 Å². The molecule has 1 atom stereocenters. The minimum Gasteiger partial charge on any atom is -0.337 e. The fraction of sp³-hybridized carbons (Fsp3) is 0.571. The Morgan fingerprint density at radius 1 is 1.19 bits per heavy atom. The maximum atomic E-state index is 14.5. The van der Waals surface area contributed by atoms with Crippen molar-refractivity contribution in [3.63, 3.8) is 0 Å². The third kappa shape index (κ3) is 4.72. The summed E-state index contributed by atoms with van der Waals surface area (Å²) in [4.78, 5) is 7.12. The Balaban J connectivity index is 0.00000136. The van der Waals surface area contributed by atoms with Gasteiger partial charge in [-0.15, -0.1) is 24.8 Å². The first-order chi connectivity index (χ1) is 14.2. The lowest BCUT2D eigenvalue weighted by Gasteiger charge is -2.32. The van der Waals surface area contributed by atoms with Crippen molar-refractivity contribution in [2.75, 3.05) is 26.2 Å². The second-order valence-electron chi connectivity index (χ2n) is 8.15. The van der Waals surface area contributed by atoms with E-state index in [-0.39, 0.29) is 36.5 Å². The lowest BCUT2D eigenvalue weighted by Crippen LogP contribution is -2.41. The highest BCUT2D eigenvalue weighted by molar-refractivity contribution is 5.85. The van der Waals surface area contributed by atoms with Crippen LogP contribution in [0.2, 0.25) is 0 Å². The average molecular weight is 471 g/mol. The molecule has 7 nitrogen and oxygen atoms in total. The molecule has 2 fully saturated rings. The van der Waals surface area contributed by atoms with E-state index in [1.54, 1.807) is 6.07 Å². The van der Waals surface area contributed by atoms with E-state index in [4.69, 9.17) is 4.52 Å². The number of benzene rings is 1. The van der Waals surface area contributed by atoms with Crippen LogP contribution in [0, 0.1) is 5.82 Å². The zero-order valence-electron chi connectivity index (χ0n) is 17.6. The highest BCUT2D eigenvalue weighted by Gasteiger charge is 2.28. The van der Waals surface area contributed by atoms with Gasteiger partial charge in [0.2, 0.25) is 5.89 Å². The van der Waals surface area contributed by atoms with E-state index in [0.717, 1.165) is 50.1 Å². The van der Waals surface area contributed by atoms with E-state index >= 15 is 0 Å². The van der Waals surface area contributed by atoms with Gasteiger partial charge in [0.05, 0.1) is 5.69 Å². The van der Waals surface area contributed by atoms with Crippen molar-refractivity contribution in [1.29, 1.82) is 0 Å². The van der Waals surface area contributed by atoms with Gasteiger partial charge in [-0.2, -0.15) is 14.8 Å². The Labute approximate surface area is 193 Å². The summed E-state index contributed by atoms with van der Waals surface area (Å²) in [6.45, 7) is 6.36. The van der Waals surface area contributed by atoms with Crippen LogP contribution in [0.4, 0.5) is 4.39 Å². The molecule has 3 aromatic rings. The van der Waals surface area contributed by atoms with Crippen molar-refractivity contribution < 1.29 is 8.91 Å². The summed E-state index contributed by atoms with van der Waals surface area (Å²) in [6, 6.07) is 5.67. The molecule has 5 rings (SSSR count). The van der Waals surface area contributed by atoms with Crippen LogP contribution in [0.1, 0.15) is 50.1 Å². The molecule has 2 aliphatic heterocycles. The van der Waals surface area contributed by atoms with E-state index in [1.165, 1.54) is 23.6 Å². The predicted molar refractivity (Wildman–Crippen MR) is 122 cm³/mol. The monoisotopic (exact) mass is 470 g/mol. The van der Waals surface area contributed by atoms with Gasteiger partial charge >= 0.3 is 0 Å². The molecule has 10 heteroatoms. The molecule has 0 unspecified atom stereocenters. The summed E-state index contributed by atoms with van der Waals surface area (Å²) >= 11 is 0. The van der Waals surface area contributed by atoms with Gasteiger partial charge < -0.3 is 14.7 Å². The molecule has 0 saturated carbocycles. The average Bonchev–Trinajstić information content (AvgIpc) is 3.48. The van der Waals surface area contributed by atoms with Gasteiger partial charge in [0, 0.05) is 23.9 Å². The van der Waals surface area contributed by atoms with Crippen molar-refractivity contribution in [1.82, 2.24) is 30.1 Å². The van der Waals surface area contributed by atoms with Crippen LogP contribution >= 0.6 is 24.8 Å². The Bertz CT molecular complexity index is 995. The van der Waals surface area contributed by atoms with Gasteiger partial charge in [-0.05, 0) is 63.0 Å². The lowest BCUT2D eigenvalue weighted by atomic mass is 9.96. The lowest BCUT2D eigenvalue weighted by molar-refractivity contribution is 0.181. The minimum absolute atomic E-state index is 0. The summed E-state index contributed by atoms with van der Waals surface area (Å²) < 4.78 is 21.6. The number of para-hydroxylation sites is 1. The van der Waals surface area contributed by atoms with Crippen molar-refractivity contribution in [2.24, 2.45) is 0 Å². The molecule has 0 spiro atoms. The van der Waals surface area contributed by atoms with E-state index in [0.29, 0.717) is 29.8 Å². The van der Waals surface area contributed by atoms with Gasteiger partial charge in [-0.25, -0.2) is 4.39 Å². The first kappa shape index (κ1) is 23.9. The van der Waals surface area contributed by atoms with Crippen LogP contribution in [-0.4, -0.2) is 57.0 Å². The molecule has 0 amide bonds. The summed E-state index contributed by atoms with van der Waals surface area (Å²) in [5.41, 5.74) is 1.25. The molecule has 4 heterocycles. The predicted octanol–water partition coefficient (Wildman–Crippen LogP) is 3.89. The maximum absolute atomic E-state index is 14.5. The van der Waals surface area contributed by atoms with Gasteiger partial charge in [-0.3, -0.25) is 0 Å². The smallest absolute Gasteiger partial charge is 0.291 e. The summed E-state index contributed by atoms with van der Waals surface area (Å²) in [5.74, 6) is 0.875. The van der Waals surface area contributed by atoms with Crippen LogP contribution in [0.3, 0.4) is 0 Å². The van der Waals surface area contributed by atoms with Crippen LogP contribution in [0.5, 0.6) is 0 Å². The molecule has 1 N–H and O–H groups in total. The second-order valence-corrected chi connectivity index (χ2v) is 8.15. The summed E-state index contributed by atoms with van der Waals surface area (Å²) in [7, 11) is 0. The molecule has 2 aliphatic rings. The van der Waals surface area contributed by atoms with E-state index in [1.807, 2.05) is 13.0 Å². The van der Waals surface area contributed by atoms with Crippen molar-refractivity contribution in [3.05, 3.63) is 35.6 Å². The normalized spacial score (nSPS) is 20.0. The molecule has 1 aromatic carbocycles. The number of halogens is 3.